The number of carbonyl (C=O) groups is 1. The molecule has 1 atom stereocenters. The van der Waals surface area contributed by atoms with Gasteiger partial charge in [0.15, 0.2) is 0 Å². The Kier molecular flexibility index (Phi) is 5.53. The molecule has 0 radical (unpaired) electrons. The monoisotopic (exact) mass is 274 g/mol. The minimum Gasteiger partial charge on any atom is -0.370 e. The fourth-order valence-electron chi connectivity index (χ4n) is 1.88. The van der Waals surface area contributed by atoms with Gasteiger partial charge in [0, 0.05) is 6.54 Å². The van der Waals surface area contributed by atoms with Gasteiger partial charge >= 0.3 is 0 Å². The van der Waals surface area contributed by atoms with Gasteiger partial charge < -0.3 is 15.4 Å². The van der Waals surface area contributed by atoms with Crippen molar-refractivity contribution < 1.29 is 13.9 Å². The van der Waals surface area contributed by atoms with Gasteiger partial charge in [-0.05, 0) is 17.7 Å². The molecule has 1 aromatic rings. The van der Waals surface area contributed by atoms with Crippen LogP contribution in [0.5, 0.6) is 0 Å². The molecule has 1 aliphatic heterocycles. The topological polar surface area (TPSA) is 55.6 Å². The Balaban J connectivity index is 0.00000162. The largest absolute Gasteiger partial charge is 0.370 e. The first-order chi connectivity index (χ1) is 8.20. The molecule has 0 saturated carbocycles. The van der Waals surface area contributed by atoms with Crippen LogP contribution >= 0.6 is 12.4 Å². The Hall–Kier alpha value is -1.17. The third-order valence-electron chi connectivity index (χ3n) is 2.84. The van der Waals surface area contributed by atoms with Gasteiger partial charge in [0.05, 0.1) is 19.7 Å². The average Bonchev–Trinajstić information content (AvgIpc) is 2.39. The first-order valence-electron chi connectivity index (χ1n) is 5.55. The van der Waals surface area contributed by atoms with Crippen molar-refractivity contribution in [2.45, 2.75) is 6.10 Å². The quantitative estimate of drug-likeness (QED) is 0.879. The van der Waals surface area contributed by atoms with E-state index >= 15 is 0 Å². The van der Waals surface area contributed by atoms with E-state index in [9.17, 15) is 9.18 Å². The summed E-state index contributed by atoms with van der Waals surface area (Å²) in [5.74, 6) is -0.361. The van der Waals surface area contributed by atoms with Gasteiger partial charge in [-0.25, -0.2) is 4.39 Å². The van der Waals surface area contributed by atoms with Crippen molar-refractivity contribution in [3.63, 3.8) is 0 Å². The van der Waals surface area contributed by atoms with Gasteiger partial charge in [-0.2, -0.15) is 0 Å². The van der Waals surface area contributed by atoms with E-state index < -0.39 is 0 Å². The molecule has 0 bridgehead atoms. The number of nitrogens with zero attached hydrogens (tertiary/aromatic N) is 1. The molecule has 1 aromatic carbocycles. The van der Waals surface area contributed by atoms with Crippen LogP contribution in [-0.2, 0) is 9.53 Å². The van der Waals surface area contributed by atoms with Crippen LogP contribution in [0.3, 0.4) is 0 Å². The number of nitrogens with two attached hydrogens (primary N) is 1. The summed E-state index contributed by atoms with van der Waals surface area (Å²) in [5.41, 5.74) is 6.20. The molecule has 1 aliphatic rings. The summed E-state index contributed by atoms with van der Waals surface area (Å²) in [6, 6.07) is 6.14. The lowest BCUT2D eigenvalue weighted by Crippen LogP contribution is -2.44. The predicted octanol–water partition coefficient (Wildman–Crippen LogP) is 1.11. The molecule has 2 rings (SSSR count). The van der Waals surface area contributed by atoms with Crippen LogP contribution in [0, 0.1) is 5.82 Å². The number of hydrogen-bond acceptors (Lipinski definition) is 3. The summed E-state index contributed by atoms with van der Waals surface area (Å²) in [5, 5.41) is 0. The molecular weight excluding hydrogens is 259 g/mol. The second-order valence-corrected chi connectivity index (χ2v) is 3.95. The van der Waals surface area contributed by atoms with Crippen molar-refractivity contribution in [2.24, 2.45) is 5.73 Å². The van der Waals surface area contributed by atoms with E-state index in [2.05, 4.69) is 0 Å². The maximum absolute atomic E-state index is 12.8. The summed E-state index contributed by atoms with van der Waals surface area (Å²) in [6.07, 6.45) is -0.195. The maximum Gasteiger partial charge on any atom is 0.236 e. The van der Waals surface area contributed by atoms with E-state index in [-0.39, 0.29) is 36.8 Å². The third-order valence-corrected chi connectivity index (χ3v) is 2.84. The van der Waals surface area contributed by atoms with Crippen molar-refractivity contribution in [3.8, 4) is 0 Å². The van der Waals surface area contributed by atoms with Gasteiger partial charge in [-0.15, -0.1) is 12.4 Å². The molecule has 1 fully saturated rings. The zero-order chi connectivity index (χ0) is 12.3. The predicted molar refractivity (Wildman–Crippen MR) is 68.0 cm³/mol. The van der Waals surface area contributed by atoms with E-state index in [1.165, 1.54) is 12.1 Å². The van der Waals surface area contributed by atoms with E-state index in [4.69, 9.17) is 10.5 Å². The number of hydrogen-bond donors (Lipinski definition) is 1. The van der Waals surface area contributed by atoms with Gasteiger partial charge in [0.1, 0.15) is 11.9 Å². The molecule has 4 nitrogen and oxygen atoms in total. The number of benzene rings is 1. The molecule has 1 unspecified atom stereocenters. The van der Waals surface area contributed by atoms with Crippen molar-refractivity contribution in [3.05, 3.63) is 35.6 Å². The summed E-state index contributed by atoms with van der Waals surface area (Å²) >= 11 is 0. The molecule has 1 amide bonds. The Morgan fingerprint density at radius 1 is 1.44 bits per heavy atom. The van der Waals surface area contributed by atoms with Gasteiger partial charge in [-0.1, -0.05) is 12.1 Å². The molecular formula is C12H16ClFN2O2. The zero-order valence-corrected chi connectivity index (χ0v) is 10.7. The highest BCUT2D eigenvalue weighted by molar-refractivity contribution is 5.85. The molecule has 6 heteroatoms. The first-order valence-corrected chi connectivity index (χ1v) is 5.55. The maximum atomic E-state index is 12.8. The number of halogens is 2. The van der Waals surface area contributed by atoms with Gasteiger partial charge in [0.2, 0.25) is 5.91 Å². The molecule has 0 aliphatic carbocycles. The minimum absolute atomic E-state index is 0. The molecule has 18 heavy (non-hydrogen) atoms. The van der Waals surface area contributed by atoms with E-state index in [0.717, 1.165) is 5.56 Å². The number of morpholine rings is 1. The standard InChI is InChI=1S/C12H15FN2O2.ClH/c13-10-3-1-9(2-4-10)11-8-15(5-6-17-11)12(16)7-14;/h1-4,11H,5-8,14H2;1H. The average molecular weight is 275 g/mol. The number of amides is 1. The molecule has 1 heterocycles. The Morgan fingerprint density at radius 3 is 2.72 bits per heavy atom. The summed E-state index contributed by atoms with van der Waals surface area (Å²) < 4.78 is 18.4. The molecule has 1 saturated heterocycles. The minimum atomic E-state index is -0.278. The second kappa shape index (κ2) is 6.68. The molecule has 0 aromatic heterocycles. The summed E-state index contributed by atoms with van der Waals surface area (Å²) in [6.45, 7) is 1.53. The second-order valence-electron chi connectivity index (χ2n) is 3.95. The van der Waals surface area contributed by atoms with Crippen LogP contribution in [0.1, 0.15) is 11.7 Å². The SMILES string of the molecule is Cl.NCC(=O)N1CCOC(c2ccc(F)cc2)C1. The van der Waals surface area contributed by atoms with Gasteiger partial charge in [0.25, 0.3) is 0 Å². The van der Waals surface area contributed by atoms with Crippen LogP contribution in [0.4, 0.5) is 4.39 Å². The van der Waals surface area contributed by atoms with Crippen LogP contribution in [-0.4, -0.2) is 37.0 Å². The summed E-state index contributed by atoms with van der Waals surface area (Å²) in [4.78, 5) is 13.2. The van der Waals surface area contributed by atoms with Gasteiger partial charge in [-0.3, -0.25) is 4.79 Å². The van der Waals surface area contributed by atoms with Crippen molar-refractivity contribution in [1.29, 1.82) is 0 Å². The molecule has 0 spiro atoms. The molecule has 2 N–H and O–H groups in total. The van der Waals surface area contributed by atoms with E-state index in [1.54, 1.807) is 17.0 Å². The highest BCUT2D eigenvalue weighted by atomic mass is 35.5. The normalized spacial score (nSPS) is 19.2. The van der Waals surface area contributed by atoms with Crippen LogP contribution in [0.2, 0.25) is 0 Å². The summed E-state index contributed by atoms with van der Waals surface area (Å²) in [7, 11) is 0. The highest BCUT2D eigenvalue weighted by Crippen LogP contribution is 2.22. The third kappa shape index (κ3) is 3.41. The lowest BCUT2D eigenvalue weighted by molar-refractivity contribution is -0.137. The number of rotatable bonds is 2. The van der Waals surface area contributed by atoms with E-state index in [1.807, 2.05) is 0 Å². The fraction of sp³-hybridized carbons (Fsp3) is 0.417. The van der Waals surface area contributed by atoms with Crippen molar-refractivity contribution in [2.75, 3.05) is 26.2 Å². The zero-order valence-electron chi connectivity index (χ0n) is 9.84. The molecule has 100 valence electrons. The highest BCUT2D eigenvalue weighted by Gasteiger charge is 2.24. The lowest BCUT2D eigenvalue weighted by atomic mass is 10.1. The number of ether oxygens (including phenoxy) is 1. The van der Waals surface area contributed by atoms with Crippen LogP contribution < -0.4 is 5.73 Å². The van der Waals surface area contributed by atoms with Crippen LogP contribution in [0.25, 0.3) is 0 Å². The van der Waals surface area contributed by atoms with Crippen molar-refractivity contribution in [1.82, 2.24) is 4.90 Å². The van der Waals surface area contributed by atoms with E-state index in [0.29, 0.717) is 19.7 Å². The Bertz CT molecular complexity index is 400. The van der Waals surface area contributed by atoms with Crippen molar-refractivity contribution >= 4 is 18.3 Å². The first kappa shape index (κ1) is 14.9. The Morgan fingerprint density at radius 2 is 2.11 bits per heavy atom. The number of carbonyl (C=O) groups excluding carboxylic acids is 1. The fourth-order valence-corrected chi connectivity index (χ4v) is 1.88. The lowest BCUT2D eigenvalue weighted by Gasteiger charge is -2.33. The van der Waals surface area contributed by atoms with Crippen LogP contribution in [0.15, 0.2) is 24.3 Å². The Labute approximate surface area is 111 Å². The smallest absolute Gasteiger partial charge is 0.236 e.